The van der Waals surface area contributed by atoms with E-state index < -0.39 is 133 Å². The van der Waals surface area contributed by atoms with E-state index in [1.807, 2.05) is 0 Å². The summed E-state index contributed by atoms with van der Waals surface area (Å²) in [6, 6.07) is 1.01. The summed E-state index contributed by atoms with van der Waals surface area (Å²) < 4.78 is 0. The van der Waals surface area contributed by atoms with Crippen molar-refractivity contribution in [2.24, 2.45) is 28.7 Å². The summed E-state index contributed by atoms with van der Waals surface area (Å²) in [5.74, 6) is -10.3. The SMILES string of the molecule is C[C@@H](O)[C@H](NC(=O)[C@H](CCCNC(N)N)NN[C@@H](Cc1ccccc1)C(=O)C=O)C(=O)N[C@@H](CCCNC(N)N)C(=O)C(=O)[C@H](CO)NC(=O)[C@@H]1CCCN1NC(Cc1c[nH]c2ccc(O)cc12)C(=O)C(=O)[C@@H](N)CC(=O)O. The first-order valence-electron chi connectivity index (χ1n) is 25.2. The summed E-state index contributed by atoms with van der Waals surface area (Å²) >= 11 is 0. The Morgan fingerprint density at radius 3 is 1.97 bits per heavy atom. The molecule has 23 N–H and O–H groups in total. The number of hydrazine groups is 2. The number of aromatic amines is 1. The minimum Gasteiger partial charge on any atom is -0.508 e. The van der Waals surface area contributed by atoms with E-state index in [9.17, 15) is 68.4 Å². The summed E-state index contributed by atoms with van der Waals surface area (Å²) in [5.41, 5.74) is 38.3. The van der Waals surface area contributed by atoms with Crippen LogP contribution in [-0.4, -0.2) is 183 Å². The number of nitrogens with two attached hydrogens (primary N) is 5. The van der Waals surface area contributed by atoms with Crippen molar-refractivity contribution in [2.75, 3.05) is 26.2 Å². The van der Waals surface area contributed by atoms with Crippen LogP contribution in [0.5, 0.6) is 5.75 Å². The summed E-state index contributed by atoms with van der Waals surface area (Å²) in [7, 11) is 0. The topological polar surface area (TPSA) is 497 Å². The predicted octanol–water partition coefficient (Wildman–Crippen LogP) is -6.36. The first-order chi connectivity index (χ1) is 37.0. The van der Waals surface area contributed by atoms with Gasteiger partial charge in [0.05, 0.1) is 49.3 Å². The number of aliphatic hydroxyl groups excluding tert-OH is 2. The maximum Gasteiger partial charge on any atom is 0.305 e. The molecule has 4 rings (SSSR count). The van der Waals surface area contributed by atoms with Crippen molar-refractivity contribution in [1.29, 1.82) is 0 Å². The highest BCUT2D eigenvalue weighted by Crippen LogP contribution is 2.25. The molecule has 3 amide bonds. The quantitative estimate of drug-likeness (QED) is 0.00839. The second kappa shape index (κ2) is 31.5. The molecule has 0 bridgehead atoms. The van der Waals surface area contributed by atoms with Gasteiger partial charge in [0, 0.05) is 23.6 Å². The van der Waals surface area contributed by atoms with Crippen molar-refractivity contribution < 1.29 is 68.4 Å². The monoisotopic (exact) mass is 1100 g/mol. The van der Waals surface area contributed by atoms with Crippen LogP contribution in [0.4, 0.5) is 0 Å². The van der Waals surface area contributed by atoms with Crippen molar-refractivity contribution >= 4 is 69.8 Å². The molecule has 0 spiro atoms. The van der Waals surface area contributed by atoms with Crippen LogP contribution >= 0.6 is 0 Å². The van der Waals surface area contributed by atoms with Crippen molar-refractivity contribution in [1.82, 2.24) is 52.9 Å². The molecular weight excluding hydrogens is 1020 g/mol. The molecule has 2 heterocycles. The number of aliphatic hydroxyl groups is 2. The second-order valence-electron chi connectivity index (χ2n) is 18.8. The third kappa shape index (κ3) is 19.6. The smallest absolute Gasteiger partial charge is 0.305 e. The van der Waals surface area contributed by atoms with Gasteiger partial charge >= 0.3 is 5.97 Å². The van der Waals surface area contributed by atoms with Crippen LogP contribution in [0.1, 0.15) is 63.0 Å². The third-order valence-electron chi connectivity index (χ3n) is 12.7. The number of amides is 3. The predicted molar refractivity (Wildman–Crippen MR) is 279 cm³/mol. The molecule has 1 unspecified atom stereocenters. The number of carbonyl (C=O) groups is 10. The van der Waals surface area contributed by atoms with Crippen LogP contribution in [0.3, 0.4) is 0 Å². The Balaban J connectivity index is 1.53. The summed E-state index contributed by atoms with van der Waals surface area (Å²) in [6.45, 7) is 0.436. The van der Waals surface area contributed by atoms with Crippen molar-refractivity contribution in [2.45, 2.75) is 132 Å². The van der Waals surface area contributed by atoms with Gasteiger partial charge in [0.1, 0.15) is 36.5 Å². The molecular formula is C49H73N15O14. The molecule has 9 atom stereocenters. The summed E-state index contributed by atoms with van der Waals surface area (Å²) in [6.07, 6.45) is -2.42. The molecule has 0 aliphatic carbocycles. The zero-order chi connectivity index (χ0) is 57.6. The summed E-state index contributed by atoms with van der Waals surface area (Å²) in [5, 5.41) is 55.3. The number of ketones is 5. The van der Waals surface area contributed by atoms with E-state index in [-0.39, 0.29) is 76.6 Å². The van der Waals surface area contributed by atoms with E-state index >= 15 is 0 Å². The number of Topliss-reactive ketones (excluding diaryl/α,β-unsaturated/α-hetero) is 5. The number of H-pyrrole nitrogens is 1. The normalized spacial score (nSPS) is 16.8. The first kappa shape index (κ1) is 63.7. The van der Waals surface area contributed by atoms with E-state index in [4.69, 9.17) is 28.7 Å². The van der Waals surface area contributed by atoms with E-state index in [2.05, 4.69) is 47.8 Å². The van der Waals surface area contributed by atoms with E-state index in [1.165, 1.54) is 30.3 Å². The van der Waals surface area contributed by atoms with Crippen LogP contribution in [-0.2, 0) is 60.8 Å². The number of hydrogen-bond acceptors (Lipinski definition) is 24. The number of aromatic nitrogens is 1. The zero-order valence-corrected chi connectivity index (χ0v) is 43.0. The molecule has 1 aromatic heterocycles. The van der Waals surface area contributed by atoms with Crippen LogP contribution in [0, 0.1) is 0 Å². The molecule has 428 valence electrons. The molecule has 3 aromatic rings. The van der Waals surface area contributed by atoms with E-state index in [1.54, 1.807) is 36.4 Å². The van der Waals surface area contributed by atoms with Crippen LogP contribution in [0.25, 0.3) is 10.9 Å². The molecule has 1 aliphatic rings. The minimum absolute atomic E-state index is 0.00763. The molecule has 2 aromatic carbocycles. The number of benzene rings is 2. The number of nitrogens with zero attached hydrogens (tertiary/aromatic N) is 1. The number of carbonyl (C=O) groups excluding carboxylic acids is 9. The highest BCUT2D eigenvalue weighted by atomic mass is 16.4. The van der Waals surface area contributed by atoms with Crippen molar-refractivity contribution in [3.05, 3.63) is 65.9 Å². The van der Waals surface area contributed by atoms with Gasteiger partial charge in [-0.3, -0.25) is 58.6 Å². The number of phenolic OH excluding ortho intramolecular Hbond substituents is 1. The number of aldehydes is 1. The number of hydrogen-bond donors (Lipinski definition) is 18. The zero-order valence-electron chi connectivity index (χ0n) is 43.0. The highest BCUT2D eigenvalue weighted by molar-refractivity contribution is 6.42. The highest BCUT2D eigenvalue weighted by Gasteiger charge is 2.40. The molecule has 78 heavy (non-hydrogen) atoms. The van der Waals surface area contributed by atoms with Gasteiger partial charge in [-0.05, 0) is 101 Å². The molecule has 29 nitrogen and oxygen atoms in total. The lowest BCUT2D eigenvalue weighted by Crippen LogP contribution is -2.62. The fourth-order valence-corrected chi connectivity index (χ4v) is 8.55. The van der Waals surface area contributed by atoms with Gasteiger partial charge in [-0.25, -0.2) is 21.3 Å². The maximum absolute atomic E-state index is 14.1. The van der Waals surface area contributed by atoms with Crippen molar-refractivity contribution in [3.63, 3.8) is 0 Å². The minimum atomic E-state index is -1.90. The Bertz CT molecular complexity index is 2550. The number of aliphatic carboxylic acids is 1. The Hall–Kier alpha value is -6.84. The fourth-order valence-electron chi connectivity index (χ4n) is 8.55. The van der Waals surface area contributed by atoms with Gasteiger partial charge in [0.15, 0.2) is 6.29 Å². The average Bonchev–Trinajstić information content (AvgIpc) is 4.06. The van der Waals surface area contributed by atoms with Crippen LogP contribution < -0.4 is 71.5 Å². The van der Waals surface area contributed by atoms with Gasteiger partial charge in [-0.15, -0.1) is 0 Å². The Kier molecular flexibility index (Phi) is 25.7. The maximum atomic E-state index is 14.1. The van der Waals surface area contributed by atoms with Crippen molar-refractivity contribution in [3.8, 4) is 5.75 Å². The van der Waals surface area contributed by atoms with E-state index in [0.29, 0.717) is 28.5 Å². The lowest BCUT2D eigenvalue weighted by Gasteiger charge is -2.30. The number of carboxylic acid groups (broad SMARTS) is 1. The second-order valence-corrected chi connectivity index (χ2v) is 18.8. The molecule has 29 heteroatoms. The summed E-state index contributed by atoms with van der Waals surface area (Å²) in [4.78, 5) is 136. The molecule has 0 saturated carbocycles. The first-order valence-corrected chi connectivity index (χ1v) is 25.2. The number of carboxylic acids is 1. The molecule has 1 saturated heterocycles. The largest absolute Gasteiger partial charge is 0.508 e. The Morgan fingerprint density at radius 2 is 1.37 bits per heavy atom. The molecule has 1 aliphatic heterocycles. The number of rotatable bonds is 37. The van der Waals surface area contributed by atoms with Crippen LogP contribution in [0.2, 0.25) is 0 Å². The van der Waals surface area contributed by atoms with Gasteiger partial charge in [0.25, 0.3) is 0 Å². The van der Waals surface area contributed by atoms with Gasteiger partial charge in [0.2, 0.25) is 46.6 Å². The number of aromatic hydroxyl groups is 1. The lowest BCUT2D eigenvalue weighted by atomic mass is 9.96. The lowest BCUT2D eigenvalue weighted by molar-refractivity contribution is -0.143. The van der Waals surface area contributed by atoms with Gasteiger partial charge < -0.3 is 70.0 Å². The number of fused-ring (bicyclic) bond motifs is 1. The van der Waals surface area contributed by atoms with Gasteiger partial charge in [-0.2, -0.15) is 0 Å². The number of phenols is 1. The Morgan fingerprint density at radius 1 is 0.756 bits per heavy atom. The fraction of sp³-hybridized carbons (Fsp3) is 0.510. The van der Waals surface area contributed by atoms with E-state index in [0.717, 1.165) is 0 Å². The van der Waals surface area contributed by atoms with Gasteiger partial charge in [-0.1, -0.05) is 30.3 Å². The molecule has 1 fully saturated rings. The average molecular weight is 1100 g/mol. The number of nitrogens with one attached hydrogen (secondary N) is 9. The Labute approximate surface area is 448 Å². The third-order valence-corrected chi connectivity index (χ3v) is 12.7. The van der Waals surface area contributed by atoms with Crippen LogP contribution in [0.15, 0.2) is 54.7 Å². The molecule has 0 radical (unpaired) electrons. The standard InChI is InChI=1S/C49H73N15O14/c1-25(67)40(60-45(76)33(11-6-16-56-49(53)54)61-62-34(38(69)24-66)18-26-8-3-2-4-9-26)47(78)58-32(10-5-15-55-48(51)52)42(73)44(75)36(23-65)59-46(77)37-12-7-17-64(37)63-35(43(74)41(72)30(50)21-39(70)71)19-27-22-57-31-14-13-28(68)20-29(27)31/h2-4,8-9,13-14,20,22,24-25,30,32-37,40,48-49,55-57,61-63,65,67-68H,5-7,10-12,15-19,21,23,50-54H2,1H3,(H,58,78)(H,59,77)(H,60,76)(H,70,71)/t25-,30+,32+,33+,34+,35?,36+,37+,40+/m1/s1.